The van der Waals surface area contributed by atoms with Crippen molar-refractivity contribution in [3.05, 3.63) is 65.5 Å². The van der Waals surface area contributed by atoms with Gasteiger partial charge in [-0.05, 0) is 31.0 Å². The number of nitrogens with zero attached hydrogens (tertiary/aromatic N) is 5. The normalized spacial score (nSPS) is 17.8. The van der Waals surface area contributed by atoms with Crippen molar-refractivity contribution in [1.29, 1.82) is 0 Å². The predicted octanol–water partition coefficient (Wildman–Crippen LogP) is 1.10. The number of imide groups is 2. The average Bonchev–Trinajstić information content (AvgIpc) is 3.51. The van der Waals surface area contributed by atoms with Crippen molar-refractivity contribution in [2.24, 2.45) is 0 Å². The Balaban J connectivity index is 1.27. The number of imidazole rings is 1. The van der Waals surface area contributed by atoms with Crippen LogP contribution in [0.1, 0.15) is 44.8 Å². The maximum absolute atomic E-state index is 13.2. The molecule has 1 unspecified atom stereocenters. The number of fused-ring (bicyclic) bond motifs is 1. The minimum atomic E-state index is -0.993. The van der Waals surface area contributed by atoms with Crippen LogP contribution in [-0.2, 0) is 29.2 Å². The Hall–Kier alpha value is -4.28. The number of rotatable bonds is 7. The van der Waals surface area contributed by atoms with Crippen molar-refractivity contribution in [1.82, 2.24) is 29.5 Å². The van der Waals surface area contributed by atoms with E-state index in [1.54, 1.807) is 24.5 Å². The molecule has 3 aromatic rings. The van der Waals surface area contributed by atoms with Gasteiger partial charge in [0.25, 0.3) is 11.8 Å². The molecule has 1 atom stereocenters. The summed E-state index contributed by atoms with van der Waals surface area (Å²) in [6.07, 6.45) is 7.64. The number of hydrogen-bond acceptors (Lipinski definition) is 7. The number of aromatic nitrogens is 4. The standard InChI is InChI=1S/C23H23N7O4/c1-14-9-26-29(11-14)8-7-28-12-15(25-13-28)10-24-17-4-2-3-16-20(17)23(34)30(22(16)33)18-5-6-19(31)27-21(18)32/h2-4,9,11-13,18,24H,5-8,10H2,1H3,(H,27,31,32). The summed E-state index contributed by atoms with van der Waals surface area (Å²) in [6.45, 7) is 3.77. The van der Waals surface area contributed by atoms with Gasteiger partial charge < -0.3 is 9.88 Å². The summed E-state index contributed by atoms with van der Waals surface area (Å²) in [5, 5.41) is 9.67. The fourth-order valence-corrected chi connectivity index (χ4v) is 4.28. The van der Waals surface area contributed by atoms with Crippen LogP contribution in [0.4, 0.5) is 5.69 Å². The van der Waals surface area contributed by atoms with Crippen molar-refractivity contribution < 1.29 is 19.2 Å². The maximum Gasteiger partial charge on any atom is 0.264 e. The molecule has 0 spiro atoms. The van der Waals surface area contributed by atoms with Gasteiger partial charge in [-0.25, -0.2) is 4.98 Å². The molecule has 1 aromatic carbocycles. The van der Waals surface area contributed by atoms with Crippen LogP contribution in [0.3, 0.4) is 0 Å². The van der Waals surface area contributed by atoms with E-state index in [0.717, 1.165) is 22.7 Å². The van der Waals surface area contributed by atoms with E-state index in [1.165, 1.54) is 0 Å². The van der Waals surface area contributed by atoms with Crippen LogP contribution in [0.2, 0.25) is 0 Å². The quantitative estimate of drug-likeness (QED) is 0.504. The topological polar surface area (TPSA) is 131 Å². The number of nitrogens with one attached hydrogen (secondary N) is 2. The SMILES string of the molecule is Cc1cnn(CCn2cnc(CNc3cccc4c3C(=O)N(C3CCC(=O)NC3=O)C4=O)c2)c1. The van der Waals surface area contributed by atoms with E-state index in [-0.39, 0.29) is 24.0 Å². The lowest BCUT2D eigenvalue weighted by atomic mass is 10.0. The first-order valence-electron chi connectivity index (χ1n) is 11.0. The first-order valence-corrected chi connectivity index (χ1v) is 11.0. The third kappa shape index (κ3) is 3.96. The molecule has 0 radical (unpaired) electrons. The molecule has 4 heterocycles. The van der Waals surface area contributed by atoms with E-state index in [2.05, 4.69) is 20.7 Å². The highest BCUT2D eigenvalue weighted by Gasteiger charge is 2.45. The van der Waals surface area contributed by atoms with Gasteiger partial charge in [0.1, 0.15) is 6.04 Å². The van der Waals surface area contributed by atoms with Gasteiger partial charge in [0.15, 0.2) is 0 Å². The molecular formula is C23H23N7O4. The van der Waals surface area contributed by atoms with E-state index in [0.29, 0.717) is 18.8 Å². The Morgan fingerprint density at radius 1 is 1.12 bits per heavy atom. The number of carbonyl (C=O) groups excluding carboxylic acids is 4. The number of anilines is 1. The third-order valence-corrected chi connectivity index (χ3v) is 5.96. The minimum absolute atomic E-state index is 0.0809. The summed E-state index contributed by atoms with van der Waals surface area (Å²) in [7, 11) is 0. The third-order valence-electron chi connectivity index (χ3n) is 5.96. The fourth-order valence-electron chi connectivity index (χ4n) is 4.28. The Labute approximate surface area is 194 Å². The molecule has 11 heteroatoms. The molecule has 2 aromatic heterocycles. The smallest absolute Gasteiger partial charge is 0.264 e. The predicted molar refractivity (Wildman–Crippen MR) is 120 cm³/mol. The molecule has 5 rings (SSSR count). The van der Waals surface area contributed by atoms with Crippen LogP contribution in [-0.4, -0.2) is 53.9 Å². The Bertz CT molecular complexity index is 1310. The van der Waals surface area contributed by atoms with E-state index in [4.69, 9.17) is 0 Å². The van der Waals surface area contributed by atoms with Crippen LogP contribution in [0.5, 0.6) is 0 Å². The Kier molecular flexibility index (Phi) is 5.44. The van der Waals surface area contributed by atoms with Crippen LogP contribution in [0.15, 0.2) is 43.1 Å². The van der Waals surface area contributed by atoms with Crippen molar-refractivity contribution in [2.45, 2.75) is 45.4 Å². The van der Waals surface area contributed by atoms with E-state index in [1.807, 2.05) is 34.8 Å². The summed E-state index contributed by atoms with van der Waals surface area (Å²) >= 11 is 0. The van der Waals surface area contributed by atoms with Gasteiger partial charge in [-0.2, -0.15) is 5.10 Å². The number of carbonyl (C=O) groups is 4. The van der Waals surface area contributed by atoms with Gasteiger partial charge in [0.05, 0.1) is 42.4 Å². The molecular weight excluding hydrogens is 438 g/mol. The zero-order valence-electron chi connectivity index (χ0n) is 18.5. The molecule has 34 heavy (non-hydrogen) atoms. The second-order valence-corrected chi connectivity index (χ2v) is 8.41. The Morgan fingerprint density at radius 3 is 2.74 bits per heavy atom. The molecule has 1 fully saturated rings. The molecule has 0 aliphatic carbocycles. The van der Waals surface area contributed by atoms with E-state index >= 15 is 0 Å². The Morgan fingerprint density at radius 2 is 1.97 bits per heavy atom. The van der Waals surface area contributed by atoms with Crippen LogP contribution >= 0.6 is 0 Å². The minimum Gasteiger partial charge on any atom is -0.379 e. The van der Waals surface area contributed by atoms with Crippen molar-refractivity contribution in [2.75, 3.05) is 5.32 Å². The van der Waals surface area contributed by atoms with Gasteiger partial charge in [-0.15, -0.1) is 0 Å². The van der Waals surface area contributed by atoms with Gasteiger partial charge in [-0.1, -0.05) is 6.07 Å². The highest BCUT2D eigenvalue weighted by molar-refractivity contribution is 6.25. The zero-order chi connectivity index (χ0) is 23.8. The molecule has 2 N–H and O–H groups in total. The summed E-state index contributed by atoms with van der Waals surface area (Å²) in [5.74, 6) is -2.11. The number of benzene rings is 1. The van der Waals surface area contributed by atoms with Crippen LogP contribution in [0.25, 0.3) is 0 Å². The lowest BCUT2D eigenvalue weighted by molar-refractivity contribution is -0.136. The van der Waals surface area contributed by atoms with Crippen LogP contribution < -0.4 is 10.6 Å². The molecule has 2 aliphatic rings. The largest absolute Gasteiger partial charge is 0.379 e. The molecule has 174 valence electrons. The zero-order valence-corrected chi connectivity index (χ0v) is 18.5. The van der Waals surface area contributed by atoms with Gasteiger partial charge in [-0.3, -0.25) is 34.1 Å². The highest BCUT2D eigenvalue weighted by atomic mass is 16.2. The lowest BCUT2D eigenvalue weighted by Crippen LogP contribution is -2.54. The fraction of sp³-hybridized carbons (Fsp3) is 0.304. The average molecular weight is 461 g/mol. The number of aryl methyl sites for hydroxylation is 3. The second-order valence-electron chi connectivity index (χ2n) is 8.41. The molecule has 0 bridgehead atoms. The number of piperidine rings is 1. The molecule has 11 nitrogen and oxygen atoms in total. The van der Waals surface area contributed by atoms with Gasteiger partial charge >= 0.3 is 0 Å². The monoisotopic (exact) mass is 461 g/mol. The first kappa shape index (κ1) is 21.6. The summed E-state index contributed by atoms with van der Waals surface area (Å²) in [6, 6.07) is 3.98. The highest BCUT2D eigenvalue weighted by Crippen LogP contribution is 2.32. The van der Waals surface area contributed by atoms with Crippen molar-refractivity contribution in [3.63, 3.8) is 0 Å². The number of amides is 4. The van der Waals surface area contributed by atoms with Crippen LogP contribution in [0, 0.1) is 6.92 Å². The maximum atomic E-state index is 13.2. The molecule has 4 amide bonds. The summed E-state index contributed by atoms with van der Waals surface area (Å²) in [4.78, 5) is 55.2. The molecule has 2 aliphatic heterocycles. The molecule has 1 saturated heterocycles. The van der Waals surface area contributed by atoms with Gasteiger partial charge in [0, 0.05) is 31.0 Å². The first-order chi connectivity index (χ1) is 16.4. The summed E-state index contributed by atoms with van der Waals surface area (Å²) < 4.78 is 3.83. The van der Waals surface area contributed by atoms with Gasteiger partial charge in [0.2, 0.25) is 11.8 Å². The molecule has 0 saturated carbocycles. The van der Waals surface area contributed by atoms with E-state index in [9.17, 15) is 19.2 Å². The van der Waals surface area contributed by atoms with Crippen molar-refractivity contribution in [3.8, 4) is 0 Å². The van der Waals surface area contributed by atoms with E-state index < -0.39 is 29.7 Å². The van der Waals surface area contributed by atoms with Crippen molar-refractivity contribution >= 4 is 29.3 Å². The lowest BCUT2D eigenvalue weighted by Gasteiger charge is -2.27. The summed E-state index contributed by atoms with van der Waals surface area (Å²) in [5.41, 5.74) is 2.83. The second kappa shape index (κ2) is 8.58. The number of hydrogen-bond donors (Lipinski definition) is 2.